The van der Waals surface area contributed by atoms with E-state index in [4.69, 9.17) is 52.4 Å². The molecule has 3 aromatic heterocycles. The van der Waals surface area contributed by atoms with Gasteiger partial charge in [0, 0.05) is 57.0 Å². The van der Waals surface area contributed by atoms with Crippen LogP contribution in [0.5, 0.6) is 17.5 Å². The number of rotatable bonds is 8. The van der Waals surface area contributed by atoms with E-state index in [1.54, 1.807) is 79.9 Å². The van der Waals surface area contributed by atoms with Gasteiger partial charge in [-0.05, 0) is 109 Å². The predicted octanol–water partition coefficient (Wildman–Crippen LogP) is 4.74. The highest BCUT2D eigenvalue weighted by Crippen LogP contribution is 2.39. The number of benzene rings is 3. The van der Waals surface area contributed by atoms with Crippen molar-refractivity contribution in [1.29, 1.82) is 0 Å². The van der Waals surface area contributed by atoms with E-state index in [1.807, 2.05) is 16.7 Å². The number of methoxy groups -OCH3 is 1. The van der Waals surface area contributed by atoms with E-state index in [9.17, 15) is 24.6 Å². The number of ether oxygens (including phenoxy) is 1. The Morgan fingerprint density at radius 3 is 2.16 bits per heavy atom. The second kappa shape index (κ2) is 15.0. The van der Waals surface area contributed by atoms with Gasteiger partial charge in [-0.2, -0.15) is 0 Å². The van der Waals surface area contributed by atoms with E-state index in [-0.39, 0.29) is 38.1 Å². The van der Waals surface area contributed by atoms with Crippen molar-refractivity contribution >= 4 is 47.6 Å². The van der Waals surface area contributed by atoms with Crippen LogP contribution in [0.25, 0.3) is 11.4 Å². The van der Waals surface area contributed by atoms with Crippen molar-refractivity contribution < 1.29 is 19.8 Å². The molecule has 286 valence electrons. The molecule has 0 spiro atoms. The summed E-state index contributed by atoms with van der Waals surface area (Å²) in [6.07, 6.45) is 0.988. The molecule has 1 fully saturated rings. The lowest BCUT2D eigenvalue weighted by Crippen LogP contribution is -3.13. The largest absolute Gasteiger partial charge is 0.859 e. The fraction of sp³-hybridized carbons (Fsp3) is 0.225. The fourth-order valence-electron chi connectivity index (χ4n) is 8.37. The molecule has 6 aromatic rings. The second-order valence-corrected chi connectivity index (χ2v) is 15.8. The van der Waals surface area contributed by atoms with Gasteiger partial charge in [0.1, 0.15) is 12.3 Å². The highest BCUT2D eigenvalue weighted by atomic mass is 35.5. The Bertz CT molecular complexity index is 2690. The van der Waals surface area contributed by atoms with Crippen LogP contribution < -0.4 is 31.4 Å². The van der Waals surface area contributed by atoms with E-state index in [0.717, 1.165) is 35.3 Å². The van der Waals surface area contributed by atoms with Crippen LogP contribution in [0.2, 0.25) is 10.0 Å². The number of aromatic amines is 2. The van der Waals surface area contributed by atoms with E-state index in [0.29, 0.717) is 45.8 Å². The molecule has 16 heteroatoms. The number of nitrogens with zero attached hydrogens (tertiary/aromatic N) is 3. The minimum atomic E-state index is -1.43. The van der Waals surface area contributed by atoms with Crippen LogP contribution in [0.15, 0.2) is 99.3 Å². The number of aromatic nitrogens is 5. The van der Waals surface area contributed by atoms with Gasteiger partial charge in [-0.3, -0.25) is 28.9 Å². The molecule has 2 aliphatic rings. The molecule has 0 saturated carbocycles. The third-order valence-corrected chi connectivity index (χ3v) is 11.8. The quantitative estimate of drug-likeness (QED) is 0.161. The van der Waals surface area contributed by atoms with Crippen molar-refractivity contribution in [2.24, 2.45) is 5.92 Å². The molecular formula is C40H34Cl2N6O6S2. The lowest BCUT2D eigenvalue weighted by atomic mass is 9.82. The summed E-state index contributed by atoms with van der Waals surface area (Å²) in [5, 5.41) is 27.6. The summed E-state index contributed by atoms with van der Waals surface area (Å²) in [6.45, 7) is 2.72. The van der Waals surface area contributed by atoms with Gasteiger partial charge in [-0.25, -0.2) is 0 Å². The zero-order valence-corrected chi connectivity index (χ0v) is 32.9. The Morgan fingerprint density at radius 1 is 0.875 bits per heavy atom. The van der Waals surface area contributed by atoms with Crippen LogP contribution in [-0.4, -0.2) is 49.0 Å². The standard InChI is InChI=1S/C40H34Cl2N6O6S2/c1-54-30-14-5-22(16-24(30)20-45-17-21-15-23(19-45)29-3-2-4-31(49)46(29)18-21)32(33-35(50)43-39(55)47(37(33)52)27-10-6-25(41)7-11-27)34-36(51)44-40(56)48(38(34)53)28-12-8-26(42)9-13-28/h2-14,16,21,23,32,52-53H,15,17-20H2,1H3,(H,43,50,55)(H,44,51,56)/t21-,23-/m0/s1. The number of nitrogens with one attached hydrogen (secondary N) is 3. The molecule has 2 bridgehead atoms. The minimum absolute atomic E-state index is 0.00921. The Kier molecular flexibility index (Phi) is 10.1. The number of quaternary nitrogens is 1. The van der Waals surface area contributed by atoms with Gasteiger partial charge in [-0.15, -0.1) is 0 Å². The smallest absolute Gasteiger partial charge is 0.259 e. The molecule has 4 atom stereocenters. The third-order valence-electron chi connectivity index (χ3n) is 10.7. The highest BCUT2D eigenvalue weighted by molar-refractivity contribution is 7.71. The molecule has 12 nitrogen and oxygen atoms in total. The molecule has 4 N–H and O–H groups in total. The number of H-pyrrole nitrogens is 2. The lowest BCUT2D eigenvalue weighted by Gasteiger charge is -2.40. The van der Waals surface area contributed by atoms with Crippen LogP contribution >= 0.6 is 47.6 Å². The zero-order chi connectivity index (χ0) is 39.4. The van der Waals surface area contributed by atoms with E-state index in [2.05, 4.69) is 9.97 Å². The van der Waals surface area contributed by atoms with Crippen LogP contribution in [0.4, 0.5) is 0 Å². The maximum absolute atomic E-state index is 14.7. The number of pyridine rings is 1. The summed E-state index contributed by atoms with van der Waals surface area (Å²) in [4.78, 5) is 47.4. The fourth-order valence-corrected chi connectivity index (χ4v) is 9.18. The Balaban J connectivity index is 1.32. The molecule has 2 unspecified atom stereocenters. The van der Waals surface area contributed by atoms with Gasteiger partial charge in [-0.1, -0.05) is 35.3 Å². The Labute approximate surface area is 339 Å². The maximum Gasteiger partial charge on any atom is 0.259 e. The summed E-state index contributed by atoms with van der Waals surface area (Å²) in [7, 11) is 1.56. The maximum atomic E-state index is 14.7. The zero-order valence-electron chi connectivity index (χ0n) is 29.8. The summed E-state index contributed by atoms with van der Waals surface area (Å²) >= 11 is 23.3. The summed E-state index contributed by atoms with van der Waals surface area (Å²) in [5.41, 5.74) is 0.550. The van der Waals surface area contributed by atoms with Crippen LogP contribution in [0, 0.1) is 15.5 Å². The molecular weight excluding hydrogens is 796 g/mol. The molecule has 1 saturated heterocycles. The number of likely N-dealkylation sites (tertiary alicyclic amines) is 1. The van der Waals surface area contributed by atoms with Crippen molar-refractivity contribution in [3.8, 4) is 28.9 Å². The Morgan fingerprint density at radius 2 is 1.50 bits per heavy atom. The topological polar surface area (TPSA) is 155 Å². The van der Waals surface area contributed by atoms with Gasteiger partial charge < -0.3 is 29.0 Å². The van der Waals surface area contributed by atoms with Gasteiger partial charge in [0.2, 0.25) is 5.88 Å². The van der Waals surface area contributed by atoms with Gasteiger partial charge in [0.05, 0.1) is 37.4 Å². The number of hydrogen-bond donors (Lipinski definition) is 4. The third kappa shape index (κ3) is 6.81. The first kappa shape index (κ1) is 37.7. The van der Waals surface area contributed by atoms with Gasteiger partial charge in [0.15, 0.2) is 9.54 Å². The number of piperidine rings is 1. The number of halogens is 2. The molecule has 2 aliphatic heterocycles. The monoisotopic (exact) mass is 828 g/mol. The van der Waals surface area contributed by atoms with E-state index in [1.165, 1.54) is 9.47 Å². The van der Waals surface area contributed by atoms with E-state index < -0.39 is 28.8 Å². The molecule has 0 amide bonds. The first-order valence-corrected chi connectivity index (χ1v) is 19.4. The normalized spacial score (nSPS) is 17.9. The summed E-state index contributed by atoms with van der Waals surface area (Å²) in [5.74, 6) is -1.77. The first-order chi connectivity index (χ1) is 26.9. The van der Waals surface area contributed by atoms with Crippen LogP contribution in [-0.2, 0) is 13.1 Å². The molecule has 5 heterocycles. The van der Waals surface area contributed by atoms with Crippen molar-refractivity contribution in [3.63, 3.8) is 0 Å². The van der Waals surface area contributed by atoms with Crippen molar-refractivity contribution in [3.05, 3.63) is 164 Å². The molecule has 8 rings (SSSR count). The highest BCUT2D eigenvalue weighted by Gasteiger charge is 2.38. The summed E-state index contributed by atoms with van der Waals surface area (Å²) < 4.78 is 9.83. The SMILES string of the molecule is COc1ccc(C(c2c([O-])n(-c3ccc(Cl)cc3)c(=S)[nH]c2=O)c2c(O)n(-c3ccc(Cl)cc3)c(=S)[nH]c2=O)cc1C[NH+]1C[C@@H]2C[C@@H](C1)c1cccc(=O)n1C2. The predicted molar refractivity (Wildman–Crippen MR) is 215 cm³/mol. The average molecular weight is 830 g/mol. The molecule has 56 heavy (non-hydrogen) atoms. The average Bonchev–Trinajstić information content (AvgIpc) is 3.16. The van der Waals surface area contributed by atoms with Crippen LogP contribution in [0.3, 0.4) is 0 Å². The molecule has 0 radical (unpaired) electrons. The number of hydrogen-bond acceptors (Lipinski definition) is 8. The van der Waals surface area contributed by atoms with Gasteiger partial charge >= 0.3 is 0 Å². The molecule has 3 aromatic carbocycles. The van der Waals surface area contributed by atoms with Gasteiger partial charge in [0.25, 0.3) is 16.7 Å². The number of fused-ring (bicyclic) bond motifs is 4. The second-order valence-electron chi connectivity index (χ2n) is 14.1. The molecule has 0 aliphatic carbocycles. The van der Waals surface area contributed by atoms with E-state index >= 15 is 0 Å². The number of aromatic hydroxyl groups is 1. The van der Waals surface area contributed by atoms with Crippen molar-refractivity contribution in [1.82, 2.24) is 23.7 Å². The summed E-state index contributed by atoms with van der Waals surface area (Å²) in [6, 6.07) is 23.4. The minimum Gasteiger partial charge on any atom is -0.859 e. The van der Waals surface area contributed by atoms with Crippen molar-refractivity contribution in [2.45, 2.75) is 31.3 Å². The van der Waals surface area contributed by atoms with Crippen molar-refractivity contribution in [2.75, 3.05) is 20.2 Å². The van der Waals surface area contributed by atoms with Crippen LogP contribution in [0.1, 0.15) is 46.2 Å². The first-order valence-electron chi connectivity index (χ1n) is 17.8. The Hall–Kier alpha value is -5.25. The lowest BCUT2D eigenvalue weighted by molar-refractivity contribution is -0.924.